The molecule has 22 heavy (non-hydrogen) atoms. The quantitative estimate of drug-likeness (QED) is 0.693. The van der Waals surface area contributed by atoms with Crippen LogP contribution in [0.25, 0.3) is 0 Å². The molecule has 1 heterocycles. The zero-order valence-corrected chi connectivity index (χ0v) is 13.3. The first-order valence-electron chi connectivity index (χ1n) is 6.44. The summed E-state index contributed by atoms with van der Waals surface area (Å²) in [5.41, 5.74) is 6.44. The van der Waals surface area contributed by atoms with Crippen LogP contribution in [-0.2, 0) is 19.1 Å². The summed E-state index contributed by atoms with van der Waals surface area (Å²) in [4.78, 5) is 34.4. The van der Waals surface area contributed by atoms with Gasteiger partial charge in [-0.25, -0.2) is 4.79 Å². The molecule has 7 nitrogen and oxygen atoms in total. The van der Waals surface area contributed by atoms with Crippen molar-refractivity contribution >= 4 is 39.4 Å². The number of carbonyl (C=O) groups is 3. The van der Waals surface area contributed by atoms with Gasteiger partial charge in [-0.15, -0.1) is 0 Å². The summed E-state index contributed by atoms with van der Waals surface area (Å²) in [6.45, 7) is 1.51. The lowest BCUT2D eigenvalue weighted by Gasteiger charge is -2.15. The third kappa shape index (κ3) is 4.32. The standard InChI is InChI=1S/C14H14BrN3O4/c1-8-2-3-10(9(15)6-8)16-13(20)7-22-14(21)11-4-5-12(19)18-17-11/h2-4,6,17H,5,7H2,1H3,(H,16,20)(H,18,19). The Bertz CT molecular complexity index is 657. The van der Waals surface area contributed by atoms with Crippen molar-refractivity contribution in [2.75, 3.05) is 11.9 Å². The molecule has 116 valence electrons. The van der Waals surface area contributed by atoms with E-state index in [-0.39, 0.29) is 18.0 Å². The molecule has 2 rings (SSSR count). The van der Waals surface area contributed by atoms with Gasteiger partial charge in [0, 0.05) is 10.9 Å². The van der Waals surface area contributed by atoms with Gasteiger partial charge in [0.15, 0.2) is 6.61 Å². The number of esters is 1. The van der Waals surface area contributed by atoms with E-state index < -0.39 is 18.5 Å². The molecule has 2 amide bonds. The number of carbonyl (C=O) groups excluding carboxylic acids is 3. The number of halogens is 1. The Hall–Kier alpha value is -2.35. The Morgan fingerprint density at radius 3 is 2.77 bits per heavy atom. The lowest BCUT2D eigenvalue weighted by Crippen LogP contribution is -2.42. The lowest BCUT2D eigenvalue weighted by atomic mass is 10.2. The molecule has 0 fully saturated rings. The summed E-state index contributed by atoms with van der Waals surface area (Å²) in [6, 6.07) is 5.47. The van der Waals surface area contributed by atoms with Crippen LogP contribution in [-0.4, -0.2) is 24.4 Å². The molecule has 1 aliphatic rings. The van der Waals surface area contributed by atoms with Gasteiger partial charge in [-0.1, -0.05) is 6.07 Å². The topological polar surface area (TPSA) is 96.5 Å². The number of aryl methyl sites for hydroxylation is 1. The predicted molar refractivity (Wildman–Crippen MR) is 82.4 cm³/mol. The van der Waals surface area contributed by atoms with Gasteiger partial charge in [0.25, 0.3) is 5.91 Å². The molecule has 0 radical (unpaired) electrons. The van der Waals surface area contributed by atoms with E-state index in [0.717, 1.165) is 10.0 Å². The van der Waals surface area contributed by atoms with Crippen molar-refractivity contribution in [3.8, 4) is 0 Å². The molecule has 0 unspecified atom stereocenters. The highest BCUT2D eigenvalue weighted by Crippen LogP contribution is 2.23. The molecule has 1 aromatic carbocycles. The number of hydrazine groups is 1. The normalized spacial score (nSPS) is 13.5. The summed E-state index contributed by atoms with van der Waals surface area (Å²) in [7, 11) is 0. The molecular weight excluding hydrogens is 354 g/mol. The smallest absolute Gasteiger partial charge is 0.356 e. The van der Waals surface area contributed by atoms with Crippen LogP contribution in [0, 0.1) is 6.92 Å². The number of ether oxygens (including phenoxy) is 1. The van der Waals surface area contributed by atoms with Gasteiger partial charge < -0.3 is 10.1 Å². The Labute approximate surface area is 135 Å². The molecule has 0 bridgehead atoms. The van der Waals surface area contributed by atoms with Crippen LogP contribution in [0.2, 0.25) is 0 Å². The number of hydrogen-bond donors (Lipinski definition) is 3. The van der Waals surface area contributed by atoms with Gasteiger partial charge >= 0.3 is 5.97 Å². The van der Waals surface area contributed by atoms with Gasteiger partial charge in [0.1, 0.15) is 5.70 Å². The molecule has 0 aliphatic carbocycles. The van der Waals surface area contributed by atoms with Crippen LogP contribution in [0.1, 0.15) is 12.0 Å². The Morgan fingerprint density at radius 1 is 1.36 bits per heavy atom. The Balaban J connectivity index is 1.85. The summed E-state index contributed by atoms with van der Waals surface area (Å²) in [5, 5.41) is 2.63. The third-order valence-electron chi connectivity index (χ3n) is 2.78. The highest BCUT2D eigenvalue weighted by Gasteiger charge is 2.17. The van der Waals surface area contributed by atoms with Gasteiger partial charge in [0.2, 0.25) is 5.91 Å². The lowest BCUT2D eigenvalue weighted by molar-refractivity contribution is -0.144. The fourth-order valence-electron chi connectivity index (χ4n) is 1.68. The van der Waals surface area contributed by atoms with Gasteiger partial charge in [-0.2, -0.15) is 0 Å². The minimum atomic E-state index is -0.710. The molecule has 3 N–H and O–H groups in total. The first-order chi connectivity index (χ1) is 10.5. The minimum Gasteiger partial charge on any atom is -0.451 e. The molecule has 8 heteroatoms. The SMILES string of the molecule is Cc1ccc(NC(=O)COC(=O)C2=CCC(=O)NN2)c(Br)c1. The first kappa shape index (κ1) is 16.0. The second-order valence-electron chi connectivity index (χ2n) is 4.60. The molecular formula is C14H14BrN3O4. The van der Waals surface area contributed by atoms with Crippen molar-refractivity contribution in [1.29, 1.82) is 0 Å². The second-order valence-corrected chi connectivity index (χ2v) is 5.46. The van der Waals surface area contributed by atoms with E-state index in [9.17, 15) is 14.4 Å². The Kier molecular flexibility index (Phi) is 5.16. The molecule has 0 atom stereocenters. The van der Waals surface area contributed by atoms with Gasteiger partial charge in [-0.3, -0.25) is 20.4 Å². The van der Waals surface area contributed by atoms with Crippen LogP contribution in [0.3, 0.4) is 0 Å². The van der Waals surface area contributed by atoms with E-state index in [1.54, 1.807) is 6.07 Å². The largest absolute Gasteiger partial charge is 0.451 e. The van der Waals surface area contributed by atoms with E-state index in [1.165, 1.54) is 6.08 Å². The summed E-state index contributed by atoms with van der Waals surface area (Å²) in [6.07, 6.45) is 1.48. The van der Waals surface area contributed by atoms with E-state index in [2.05, 4.69) is 32.1 Å². The van der Waals surface area contributed by atoms with E-state index in [1.807, 2.05) is 19.1 Å². The summed E-state index contributed by atoms with van der Waals surface area (Å²) >= 11 is 3.34. The predicted octanol–water partition coefficient (Wildman–Crippen LogP) is 1.15. The second kappa shape index (κ2) is 7.08. The van der Waals surface area contributed by atoms with Crippen LogP contribution in [0.4, 0.5) is 5.69 Å². The molecule has 1 aliphatic heterocycles. The van der Waals surface area contributed by atoms with E-state index in [4.69, 9.17) is 4.74 Å². The number of nitrogens with one attached hydrogen (secondary N) is 3. The molecule has 0 spiro atoms. The van der Waals surface area contributed by atoms with Crippen molar-refractivity contribution in [1.82, 2.24) is 10.9 Å². The zero-order valence-electron chi connectivity index (χ0n) is 11.7. The van der Waals surface area contributed by atoms with Crippen LogP contribution in [0.5, 0.6) is 0 Å². The van der Waals surface area contributed by atoms with Crippen molar-refractivity contribution in [2.45, 2.75) is 13.3 Å². The van der Waals surface area contributed by atoms with E-state index >= 15 is 0 Å². The maximum Gasteiger partial charge on any atom is 0.356 e. The van der Waals surface area contributed by atoms with Crippen LogP contribution >= 0.6 is 15.9 Å². The third-order valence-corrected chi connectivity index (χ3v) is 3.44. The fourth-order valence-corrected chi connectivity index (χ4v) is 2.28. The van der Waals surface area contributed by atoms with Crippen molar-refractivity contribution < 1.29 is 19.1 Å². The van der Waals surface area contributed by atoms with Gasteiger partial charge in [0.05, 0.1) is 5.69 Å². The fraction of sp³-hybridized carbons (Fsp3) is 0.214. The first-order valence-corrected chi connectivity index (χ1v) is 7.23. The number of amides is 2. The number of anilines is 1. The average Bonchev–Trinajstić information content (AvgIpc) is 2.48. The van der Waals surface area contributed by atoms with Gasteiger partial charge in [-0.05, 0) is 46.6 Å². The Morgan fingerprint density at radius 2 is 2.14 bits per heavy atom. The monoisotopic (exact) mass is 367 g/mol. The maximum atomic E-state index is 11.8. The molecule has 0 saturated heterocycles. The summed E-state index contributed by atoms with van der Waals surface area (Å²) in [5.74, 6) is -1.42. The number of hydrogen-bond acceptors (Lipinski definition) is 5. The highest BCUT2D eigenvalue weighted by atomic mass is 79.9. The summed E-state index contributed by atoms with van der Waals surface area (Å²) < 4.78 is 5.61. The minimum absolute atomic E-state index is 0.0833. The van der Waals surface area contributed by atoms with Crippen molar-refractivity contribution in [2.24, 2.45) is 0 Å². The van der Waals surface area contributed by atoms with E-state index in [0.29, 0.717) is 5.69 Å². The zero-order chi connectivity index (χ0) is 16.1. The average molecular weight is 368 g/mol. The maximum absolute atomic E-state index is 11.8. The van der Waals surface area contributed by atoms with Crippen LogP contribution < -0.4 is 16.2 Å². The molecule has 1 aromatic rings. The highest BCUT2D eigenvalue weighted by molar-refractivity contribution is 9.10. The molecule has 0 saturated carbocycles. The van der Waals surface area contributed by atoms with Crippen LogP contribution in [0.15, 0.2) is 34.4 Å². The van der Waals surface area contributed by atoms with Crippen molar-refractivity contribution in [3.63, 3.8) is 0 Å². The number of benzene rings is 1. The molecule has 0 aromatic heterocycles. The van der Waals surface area contributed by atoms with Crippen molar-refractivity contribution in [3.05, 3.63) is 40.0 Å². The number of rotatable bonds is 4.